The Kier molecular flexibility index (Phi) is 6.39. The van der Waals surface area contributed by atoms with Crippen molar-refractivity contribution in [3.05, 3.63) is 65.5 Å². The highest BCUT2D eigenvalue weighted by molar-refractivity contribution is 5.94. The van der Waals surface area contributed by atoms with Gasteiger partial charge in [0.15, 0.2) is 24.1 Å². The van der Waals surface area contributed by atoms with Crippen molar-refractivity contribution in [3.63, 3.8) is 0 Å². The van der Waals surface area contributed by atoms with E-state index in [-0.39, 0.29) is 19.7 Å². The zero-order chi connectivity index (χ0) is 18.2. The fourth-order valence-electron chi connectivity index (χ4n) is 1.89. The van der Waals surface area contributed by atoms with Crippen molar-refractivity contribution in [2.45, 2.75) is 0 Å². The summed E-state index contributed by atoms with van der Waals surface area (Å²) in [6.07, 6.45) is 0. The van der Waals surface area contributed by atoms with E-state index in [0.29, 0.717) is 11.8 Å². The van der Waals surface area contributed by atoms with Crippen molar-refractivity contribution in [3.8, 4) is 5.75 Å². The van der Waals surface area contributed by atoms with Crippen LogP contribution in [0.1, 0.15) is 10.4 Å². The molecule has 0 aliphatic rings. The lowest BCUT2D eigenvalue weighted by Gasteiger charge is -2.09. The van der Waals surface area contributed by atoms with Crippen molar-refractivity contribution < 1.29 is 27.5 Å². The van der Waals surface area contributed by atoms with Crippen LogP contribution in [0, 0.1) is 17.5 Å². The van der Waals surface area contributed by atoms with Gasteiger partial charge in [-0.05, 0) is 24.3 Å². The van der Waals surface area contributed by atoms with Gasteiger partial charge in [-0.15, -0.1) is 0 Å². The summed E-state index contributed by atoms with van der Waals surface area (Å²) in [6, 6.07) is 10.2. The molecule has 5 nitrogen and oxygen atoms in total. The molecule has 25 heavy (non-hydrogen) atoms. The van der Waals surface area contributed by atoms with Crippen LogP contribution in [0.5, 0.6) is 5.75 Å². The Morgan fingerprint density at radius 2 is 1.56 bits per heavy atom. The van der Waals surface area contributed by atoms with Gasteiger partial charge in [-0.3, -0.25) is 9.59 Å². The molecule has 2 rings (SSSR count). The number of benzene rings is 2. The van der Waals surface area contributed by atoms with E-state index < -0.39 is 34.8 Å². The van der Waals surface area contributed by atoms with Crippen LogP contribution in [0.25, 0.3) is 0 Å². The highest BCUT2D eigenvalue weighted by Gasteiger charge is 2.18. The van der Waals surface area contributed by atoms with Crippen LogP contribution in [0.15, 0.2) is 42.5 Å². The number of rotatable bonds is 7. The average Bonchev–Trinajstić information content (AvgIpc) is 2.62. The predicted molar refractivity (Wildman–Crippen MR) is 83.6 cm³/mol. The average molecular weight is 352 g/mol. The molecule has 0 fully saturated rings. The van der Waals surface area contributed by atoms with Crippen molar-refractivity contribution in [2.24, 2.45) is 0 Å². The number of carbonyl (C=O) groups excluding carboxylic acids is 2. The first kappa shape index (κ1) is 18.3. The maximum Gasteiger partial charge on any atom is 0.258 e. The third-order valence-corrected chi connectivity index (χ3v) is 3.13. The van der Waals surface area contributed by atoms with Gasteiger partial charge in [0.1, 0.15) is 5.75 Å². The Morgan fingerprint density at radius 3 is 2.28 bits per heavy atom. The first-order valence-corrected chi connectivity index (χ1v) is 7.35. The second-order valence-corrected chi connectivity index (χ2v) is 4.93. The normalized spacial score (nSPS) is 10.2. The first-order chi connectivity index (χ1) is 12.0. The Bertz CT molecular complexity index is 754. The number of para-hydroxylation sites is 1. The molecule has 0 radical (unpaired) electrons. The van der Waals surface area contributed by atoms with Gasteiger partial charge in [0.2, 0.25) is 0 Å². The second kappa shape index (κ2) is 8.72. The van der Waals surface area contributed by atoms with E-state index in [1.807, 2.05) is 6.07 Å². The smallest absolute Gasteiger partial charge is 0.258 e. The van der Waals surface area contributed by atoms with Crippen molar-refractivity contribution in [1.29, 1.82) is 0 Å². The molecule has 0 heterocycles. The molecule has 0 saturated carbocycles. The van der Waals surface area contributed by atoms with E-state index in [0.717, 1.165) is 6.07 Å². The SMILES string of the molecule is O=C(COc1ccccc1)NCCNC(=O)c1ccc(F)c(F)c1F. The lowest BCUT2D eigenvalue weighted by Crippen LogP contribution is -2.37. The van der Waals surface area contributed by atoms with Crippen LogP contribution in [0.2, 0.25) is 0 Å². The molecular formula is C17H15F3N2O3. The molecule has 2 N–H and O–H groups in total. The molecule has 132 valence electrons. The highest BCUT2D eigenvalue weighted by Crippen LogP contribution is 2.14. The summed E-state index contributed by atoms with van der Waals surface area (Å²) in [4.78, 5) is 23.3. The molecule has 0 spiro atoms. The number of carbonyl (C=O) groups is 2. The fraction of sp³-hybridized carbons (Fsp3) is 0.176. The van der Waals surface area contributed by atoms with Gasteiger partial charge in [0, 0.05) is 13.1 Å². The molecule has 2 aromatic rings. The maximum absolute atomic E-state index is 13.4. The van der Waals surface area contributed by atoms with Gasteiger partial charge in [0.25, 0.3) is 11.8 Å². The minimum absolute atomic E-state index is 0.0195. The molecule has 0 saturated heterocycles. The number of nitrogens with one attached hydrogen (secondary N) is 2. The summed E-state index contributed by atoms with van der Waals surface area (Å²) in [5.41, 5.74) is -0.613. The first-order valence-electron chi connectivity index (χ1n) is 7.35. The number of hydrogen-bond donors (Lipinski definition) is 2. The molecule has 0 unspecified atom stereocenters. The fourth-order valence-corrected chi connectivity index (χ4v) is 1.89. The summed E-state index contributed by atoms with van der Waals surface area (Å²) in [7, 11) is 0. The predicted octanol–water partition coefficient (Wildman–Crippen LogP) is 2.03. The van der Waals surface area contributed by atoms with Gasteiger partial charge in [-0.1, -0.05) is 18.2 Å². The molecule has 0 aromatic heterocycles. The molecule has 0 atom stereocenters. The summed E-state index contributed by atoms with van der Waals surface area (Å²) in [5.74, 6) is -5.42. The quantitative estimate of drug-likeness (QED) is 0.592. The van der Waals surface area contributed by atoms with Crippen LogP contribution in [-0.2, 0) is 4.79 Å². The highest BCUT2D eigenvalue weighted by atomic mass is 19.2. The molecule has 2 aromatic carbocycles. The van der Waals surface area contributed by atoms with Gasteiger partial charge >= 0.3 is 0 Å². The van der Waals surface area contributed by atoms with Crippen LogP contribution in [-0.4, -0.2) is 31.5 Å². The molecule has 8 heteroatoms. The Labute approximate surface area is 141 Å². The Hall–Kier alpha value is -3.03. The molecule has 0 aliphatic heterocycles. The van der Waals surface area contributed by atoms with E-state index >= 15 is 0 Å². The lowest BCUT2D eigenvalue weighted by molar-refractivity contribution is -0.123. The van der Waals surface area contributed by atoms with E-state index in [4.69, 9.17) is 4.74 Å². The minimum Gasteiger partial charge on any atom is -0.484 e. The topological polar surface area (TPSA) is 67.4 Å². The number of hydrogen-bond acceptors (Lipinski definition) is 3. The van der Waals surface area contributed by atoms with E-state index in [9.17, 15) is 22.8 Å². The van der Waals surface area contributed by atoms with E-state index in [2.05, 4.69) is 10.6 Å². The maximum atomic E-state index is 13.4. The van der Waals surface area contributed by atoms with Gasteiger partial charge < -0.3 is 15.4 Å². The van der Waals surface area contributed by atoms with E-state index in [1.54, 1.807) is 24.3 Å². The summed E-state index contributed by atoms with van der Waals surface area (Å²) < 4.78 is 44.6. The molecule has 0 bridgehead atoms. The number of halogens is 3. The number of ether oxygens (including phenoxy) is 1. The zero-order valence-corrected chi connectivity index (χ0v) is 13.0. The summed E-state index contributed by atoms with van der Waals surface area (Å²) in [6.45, 7) is -0.155. The summed E-state index contributed by atoms with van der Waals surface area (Å²) >= 11 is 0. The van der Waals surface area contributed by atoms with Crippen molar-refractivity contribution in [2.75, 3.05) is 19.7 Å². The Balaban J connectivity index is 1.71. The van der Waals surface area contributed by atoms with Crippen LogP contribution < -0.4 is 15.4 Å². The number of amides is 2. The van der Waals surface area contributed by atoms with Gasteiger partial charge in [-0.2, -0.15) is 0 Å². The third kappa shape index (κ3) is 5.23. The molecule has 0 aliphatic carbocycles. The summed E-state index contributed by atoms with van der Waals surface area (Å²) in [5, 5.41) is 4.78. The third-order valence-electron chi connectivity index (χ3n) is 3.13. The van der Waals surface area contributed by atoms with Crippen LogP contribution in [0.4, 0.5) is 13.2 Å². The second-order valence-electron chi connectivity index (χ2n) is 4.93. The van der Waals surface area contributed by atoms with E-state index in [1.165, 1.54) is 0 Å². The lowest BCUT2D eigenvalue weighted by atomic mass is 10.2. The molecular weight excluding hydrogens is 337 g/mol. The standard InChI is InChI=1S/C17H15F3N2O3/c18-13-7-6-12(15(19)16(13)20)17(24)22-9-8-21-14(23)10-25-11-4-2-1-3-5-11/h1-7H,8-10H2,(H,21,23)(H,22,24). The zero-order valence-electron chi connectivity index (χ0n) is 13.0. The largest absolute Gasteiger partial charge is 0.484 e. The Morgan fingerprint density at radius 1 is 0.880 bits per heavy atom. The van der Waals surface area contributed by atoms with Gasteiger partial charge in [0.05, 0.1) is 5.56 Å². The minimum atomic E-state index is -1.71. The monoisotopic (exact) mass is 352 g/mol. The van der Waals surface area contributed by atoms with Crippen LogP contribution in [0.3, 0.4) is 0 Å². The van der Waals surface area contributed by atoms with Crippen molar-refractivity contribution >= 4 is 11.8 Å². The van der Waals surface area contributed by atoms with Crippen LogP contribution >= 0.6 is 0 Å². The molecule has 2 amide bonds. The van der Waals surface area contributed by atoms with Crippen molar-refractivity contribution in [1.82, 2.24) is 10.6 Å². The van der Waals surface area contributed by atoms with Gasteiger partial charge in [-0.25, -0.2) is 13.2 Å².